The molecule has 19 heavy (non-hydrogen) atoms. The molecule has 2 nitrogen and oxygen atoms in total. The average molecular weight is 262 g/mol. The quantitative estimate of drug-likeness (QED) is 0.798. The average Bonchev–Trinajstić information content (AvgIpc) is 2.30. The fourth-order valence-electron chi connectivity index (χ4n) is 2.29. The van der Waals surface area contributed by atoms with Gasteiger partial charge in [-0.25, -0.2) is 0 Å². The number of aldehydes is 1. The fourth-order valence-corrected chi connectivity index (χ4v) is 2.29. The maximum Gasteiger partial charge on any atom is 0.125 e. The zero-order valence-corrected chi connectivity index (χ0v) is 12.9. The van der Waals surface area contributed by atoms with E-state index in [0.717, 1.165) is 23.0 Å². The van der Waals surface area contributed by atoms with Crippen LogP contribution in [0.4, 0.5) is 0 Å². The molecule has 0 fully saturated rings. The molecule has 0 saturated heterocycles. The Hall–Kier alpha value is -1.31. The van der Waals surface area contributed by atoms with Crippen LogP contribution in [0.2, 0.25) is 0 Å². The molecule has 0 heterocycles. The van der Waals surface area contributed by atoms with Crippen molar-refractivity contribution in [3.05, 3.63) is 28.8 Å². The molecule has 0 unspecified atom stereocenters. The van der Waals surface area contributed by atoms with Crippen LogP contribution in [0.1, 0.15) is 70.1 Å². The first-order valence-electron chi connectivity index (χ1n) is 7.00. The first-order valence-corrected chi connectivity index (χ1v) is 7.00. The van der Waals surface area contributed by atoms with Crippen molar-refractivity contribution in [3.63, 3.8) is 0 Å². The zero-order valence-electron chi connectivity index (χ0n) is 12.9. The Labute approximate surface area is 116 Å². The van der Waals surface area contributed by atoms with Crippen LogP contribution in [0, 0.1) is 5.41 Å². The van der Waals surface area contributed by atoms with E-state index in [4.69, 9.17) is 0 Å². The van der Waals surface area contributed by atoms with Crippen molar-refractivity contribution < 1.29 is 9.90 Å². The number of benzene rings is 1. The number of rotatable bonds is 5. The summed E-state index contributed by atoms with van der Waals surface area (Å²) in [4.78, 5) is 11.1. The van der Waals surface area contributed by atoms with E-state index in [1.807, 2.05) is 26.0 Å². The Kier molecular flexibility index (Phi) is 4.78. The van der Waals surface area contributed by atoms with E-state index in [9.17, 15) is 9.90 Å². The van der Waals surface area contributed by atoms with Gasteiger partial charge in [0.2, 0.25) is 0 Å². The molecule has 106 valence electrons. The lowest BCUT2D eigenvalue weighted by Gasteiger charge is -2.21. The van der Waals surface area contributed by atoms with Crippen LogP contribution in [-0.2, 0) is 11.2 Å². The molecular formula is C17H26O2. The highest BCUT2D eigenvalue weighted by molar-refractivity contribution is 5.59. The highest BCUT2D eigenvalue weighted by Crippen LogP contribution is 2.36. The Bertz CT molecular complexity index is 427. The standard InChI is InChI=1S/C17H26O2/c1-11(2)14-7-13(9-17(5,6)10-18)8-15(12(3)4)16(14)19/h7-8,10-12,19H,9H2,1-6H3. The van der Waals surface area contributed by atoms with E-state index in [2.05, 4.69) is 27.7 Å². The van der Waals surface area contributed by atoms with Gasteiger partial charge in [-0.05, 0) is 34.9 Å². The van der Waals surface area contributed by atoms with Crippen molar-refractivity contribution in [2.24, 2.45) is 5.41 Å². The molecule has 0 bridgehead atoms. The highest BCUT2D eigenvalue weighted by atomic mass is 16.3. The van der Waals surface area contributed by atoms with Crippen molar-refractivity contribution >= 4 is 6.29 Å². The third-order valence-electron chi connectivity index (χ3n) is 3.45. The van der Waals surface area contributed by atoms with Gasteiger partial charge in [-0.1, -0.05) is 53.7 Å². The third-order valence-corrected chi connectivity index (χ3v) is 3.45. The van der Waals surface area contributed by atoms with Crippen LogP contribution < -0.4 is 0 Å². The summed E-state index contributed by atoms with van der Waals surface area (Å²) in [5.41, 5.74) is 2.72. The molecule has 1 aromatic rings. The van der Waals surface area contributed by atoms with Gasteiger partial charge in [-0.3, -0.25) is 0 Å². The summed E-state index contributed by atoms with van der Waals surface area (Å²) < 4.78 is 0. The van der Waals surface area contributed by atoms with Crippen LogP contribution in [0.15, 0.2) is 12.1 Å². The van der Waals surface area contributed by atoms with Crippen LogP contribution >= 0.6 is 0 Å². The normalized spacial score (nSPS) is 12.2. The van der Waals surface area contributed by atoms with Crippen molar-refractivity contribution in [3.8, 4) is 5.75 Å². The number of carbonyl (C=O) groups is 1. The minimum absolute atomic E-state index is 0.275. The molecule has 1 aromatic carbocycles. The van der Waals surface area contributed by atoms with E-state index in [-0.39, 0.29) is 17.3 Å². The lowest BCUT2D eigenvalue weighted by atomic mass is 9.84. The van der Waals surface area contributed by atoms with Gasteiger partial charge in [0, 0.05) is 5.41 Å². The molecule has 0 aliphatic rings. The minimum Gasteiger partial charge on any atom is -0.507 e. The zero-order chi connectivity index (χ0) is 14.8. The third kappa shape index (κ3) is 3.82. The second kappa shape index (κ2) is 5.77. The molecule has 0 aliphatic heterocycles. The summed E-state index contributed by atoms with van der Waals surface area (Å²) in [6.45, 7) is 12.2. The summed E-state index contributed by atoms with van der Waals surface area (Å²) in [6.07, 6.45) is 1.71. The SMILES string of the molecule is CC(C)c1cc(CC(C)(C)C=O)cc(C(C)C)c1O. The second-order valence-corrected chi connectivity index (χ2v) is 6.72. The maximum absolute atomic E-state index is 11.1. The maximum atomic E-state index is 11.1. The van der Waals surface area contributed by atoms with Crippen LogP contribution in [0.25, 0.3) is 0 Å². The van der Waals surface area contributed by atoms with E-state index < -0.39 is 0 Å². The fraction of sp³-hybridized carbons (Fsp3) is 0.588. The first kappa shape index (κ1) is 15.7. The largest absolute Gasteiger partial charge is 0.507 e. The molecule has 1 rings (SSSR count). The Morgan fingerprint density at radius 1 is 1.11 bits per heavy atom. The van der Waals surface area contributed by atoms with Gasteiger partial charge in [-0.15, -0.1) is 0 Å². The minimum atomic E-state index is -0.362. The monoisotopic (exact) mass is 262 g/mol. The number of hydrogen-bond acceptors (Lipinski definition) is 2. The van der Waals surface area contributed by atoms with E-state index >= 15 is 0 Å². The van der Waals surface area contributed by atoms with Gasteiger partial charge in [0.1, 0.15) is 12.0 Å². The molecule has 1 N–H and O–H groups in total. The number of phenolic OH excluding ortho intramolecular Hbond substituents is 1. The van der Waals surface area contributed by atoms with Gasteiger partial charge >= 0.3 is 0 Å². The summed E-state index contributed by atoms with van der Waals surface area (Å²) in [6, 6.07) is 4.08. The Balaban J connectivity index is 3.30. The Morgan fingerprint density at radius 2 is 1.53 bits per heavy atom. The molecule has 0 amide bonds. The molecule has 0 atom stereocenters. The summed E-state index contributed by atoms with van der Waals surface area (Å²) in [5, 5.41) is 10.3. The lowest BCUT2D eigenvalue weighted by Crippen LogP contribution is -2.17. The van der Waals surface area contributed by atoms with Crippen LogP contribution in [-0.4, -0.2) is 11.4 Å². The van der Waals surface area contributed by atoms with Crippen LogP contribution in [0.3, 0.4) is 0 Å². The predicted octanol–water partition coefficient (Wildman–Crippen LogP) is 4.41. The predicted molar refractivity (Wildman–Crippen MR) is 79.8 cm³/mol. The topological polar surface area (TPSA) is 37.3 Å². The van der Waals surface area contributed by atoms with E-state index in [1.165, 1.54) is 0 Å². The lowest BCUT2D eigenvalue weighted by molar-refractivity contribution is -0.114. The van der Waals surface area contributed by atoms with Gasteiger partial charge in [0.15, 0.2) is 0 Å². The number of phenols is 1. The molecule has 0 saturated carbocycles. The summed E-state index contributed by atoms with van der Waals surface area (Å²) in [7, 11) is 0. The van der Waals surface area contributed by atoms with Gasteiger partial charge in [-0.2, -0.15) is 0 Å². The number of aromatic hydroxyl groups is 1. The van der Waals surface area contributed by atoms with Gasteiger partial charge in [0.05, 0.1) is 0 Å². The molecule has 0 aromatic heterocycles. The molecular weight excluding hydrogens is 236 g/mol. The molecule has 2 heteroatoms. The molecule has 0 radical (unpaired) electrons. The van der Waals surface area contributed by atoms with Crippen molar-refractivity contribution in [1.29, 1.82) is 0 Å². The van der Waals surface area contributed by atoms with Crippen LogP contribution in [0.5, 0.6) is 5.75 Å². The van der Waals surface area contributed by atoms with Crippen molar-refractivity contribution in [2.45, 2.75) is 59.8 Å². The van der Waals surface area contributed by atoms with E-state index in [1.54, 1.807) is 0 Å². The van der Waals surface area contributed by atoms with Gasteiger partial charge in [0.25, 0.3) is 0 Å². The van der Waals surface area contributed by atoms with E-state index in [0.29, 0.717) is 12.2 Å². The second-order valence-electron chi connectivity index (χ2n) is 6.72. The first-order chi connectivity index (χ1) is 8.68. The smallest absolute Gasteiger partial charge is 0.125 e. The summed E-state index contributed by atoms with van der Waals surface area (Å²) >= 11 is 0. The summed E-state index contributed by atoms with van der Waals surface area (Å²) in [5.74, 6) is 0.964. The number of hydrogen-bond donors (Lipinski definition) is 1. The Morgan fingerprint density at radius 3 is 1.84 bits per heavy atom. The van der Waals surface area contributed by atoms with Gasteiger partial charge < -0.3 is 9.90 Å². The van der Waals surface area contributed by atoms with Crippen molar-refractivity contribution in [1.82, 2.24) is 0 Å². The molecule has 0 aliphatic carbocycles. The highest BCUT2D eigenvalue weighted by Gasteiger charge is 2.21. The number of carbonyl (C=O) groups excluding carboxylic acids is 1. The van der Waals surface area contributed by atoms with Crippen molar-refractivity contribution in [2.75, 3.05) is 0 Å². The molecule has 0 spiro atoms.